The summed E-state index contributed by atoms with van der Waals surface area (Å²) in [5.74, 6) is 0.115. The molecule has 1 aromatic rings. The first-order valence-corrected chi connectivity index (χ1v) is 9.24. The lowest BCUT2D eigenvalue weighted by Gasteiger charge is -2.12. The van der Waals surface area contributed by atoms with Gasteiger partial charge in [-0.25, -0.2) is 13.2 Å². The Morgan fingerprint density at radius 3 is 2.67 bits per heavy atom. The fourth-order valence-corrected chi connectivity index (χ4v) is 4.14. The lowest BCUT2D eigenvalue weighted by molar-refractivity contribution is 0.0596. The molecule has 0 spiro atoms. The van der Waals surface area contributed by atoms with Crippen molar-refractivity contribution in [1.82, 2.24) is 0 Å². The monoisotopic (exact) mass is 327 g/mol. The number of carbonyl (C=O) groups is 1. The number of nitrogens with zero attached hydrogens (tertiary/aromatic N) is 1. The van der Waals surface area contributed by atoms with E-state index in [1.54, 1.807) is 12.1 Å². The third kappa shape index (κ3) is 5.78. The number of rotatable bonds is 6. The summed E-state index contributed by atoms with van der Waals surface area (Å²) >= 11 is 1.38. The Hall–Kier alpha value is -1.52. The average molecular weight is 327 g/mol. The van der Waals surface area contributed by atoms with Gasteiger partial charge in [0.25, 0.3) is 0 Å². The maximum Gasteiger partial charge on any atom is 0.339 e. The van der Waals surface area contributed by atoms with E-state index in [2.05, 4.69) is 0 Å². The Balaban J connectivity index is 2.88. The van der Waals surface area contributed by atoms with Gasteiger partial charge in [-0.3, -0.25) is 0 Å². The van der Waals surface area contributed by atoms with Crippen LogP contribution >= 0.6 is 11.8 Å². The normalized spacial score (nSPS) is 12.5. The Labute approximate surface area is 129 Å². The molecule has 0 N–H and O–H groups in total. The molecule has 0 heterocycles. The van der Waals surface area contributed by atoms with Gasteiger partial charge >= 0.3 is 5.97 Å². The van der Waals surface area contributed by atoms with Crippen molar-refractivity contribution in [3.63, 3.8) is 0 Å². The summed E-state index contributed by atoms with van der Waals surface area (Å²) in [7, 11) is -1.74. The van der Waals surface area contributed by atoms with Crippen LogP contribution in [0.1, 0.15) is 22.8 Å². The molecule has 1 atom stereocenters. The zero-order valence-corrected chi connectivity index (χ0v) is 13.8. The lowest BCUT2D eigenvalue weighted by atomic mass is 10.1. The SMILES string of the molecule is COC(=O)c1cc(C#N)ccc1SCC(C)CS(C)(=O)=O. The highest BCUT2D eigenvalue weighted by molar-refractivity contribution is 7.99. The van der Waals surface area contributed by atoms with Crippen molar-refractivity contribution in [3.8, 4) is 6.07 Å². The van der Waals surface area contributed by atoms with Gasteiger partial charge in [-0.05, 0) is 24.1 Å². The van der Waals surface area contributed by atoms with Crippen molar-refractivity contribution >= 4 is 27.6 Å². The van der Waals surface area contributed by atoms with Crippen LogP contribution in [-0.4, -0.2) is 39.3 Å². The molecule has 0 radical (unpaired) electrons. The molecule has 0 aliphatic rings. The van der Waals surface area contributed by atoms with Gasteiger partial charge in [-0.2, -0.15) is 5.26 Å². The maximum atomic E-state index is 11.7. The number of methoxy groups -OCH3 is 1. The summed E-state index contributed by atoms with van der Waals surface area (Å²) < 4.78 is 27.2. The molecule has 1 unspecified atom stereocenters. The minimum Gasteiger partial charge on any atom is -0.465 e. The zero-order valence-electron chi connectivity index (χ0n) is 12.1. The van der Waals surface area contributed by atoms with Crippen molar-refractivity contribution in [1.29, 1.82) is 5.26 Å². The number of nitriles is 1. The molecule has 0 saturated heterocycles. The highest BCUT2D eigenvalue weighted by Crippen LogP contribution is 2.26. The third-order valence-electron chi connectivity index (χ3n) is 2.62. The van der Waals surface area contributed by atoms with E-state index in [0.29, 0.717) is 21.8 Å². The molecule has 7 heteroatoms. The smallest absolute Gasteiger partial charge is 0.339 e. The molecule has 0 bridgehead atoms. The minimum atomic E-state index is -3.02. The van der Waals surface area contributed by atoms with Crippen LogP contribution in [0.4, 0.5) is 0 Å². The molecule has 5 nitrogen and oxygen atoms in total. The second kappa shape index (κ2) is 7.48. The molecule has 1 rings (SSSR count). The Morgan fingerprint density at radius 1 is 1.48 bits per heavy atom. The third-order valence-corrected chi connectivity index (χ3v) is 5.20. The number of esters is 1. The standard InChI is InChI=1S/C14H17NO4S2/c1-10(9-21(3,17)18)8-20-13-5-4-11(7-15)6-12(13)14(16)19-2/h4-6,10H,8-9H2,1-3H3. The van der Waals surface area contributed by atoms with Gasteiger partial charge in [-0.1, -0.05) is 6.92 Å². The fourth-order valence-electron chi connectivity index (χ4n) is 1.79. The van der Waals surface area contributed by atoms with E-state index in [-0.39, 0.29) is 11.7 Å². The molecule has 0 saturated carbocycles. The summed E-state index contributed by atoms with van der Waals surface area (Å²) in [4.78, 5) is 12.4. The highest BCUT2D eigenvalue weighted by Gasteiger charge is 2.16. The minimum absolute atomic E-state index is 0.0360. The molecule has 0 aliphatic heterocycles. The van der Waals surface area contributed by atoms with E-state index in [9.17, 15) is 13.2 Å². The Bertz CT molecular complexity index is 662. The van der Waals surface area contributed by atoms with Gasteiger partial charge in [0.15, 0.2) is 0 Å². The van der Waals surface area contributed by atoms with Crippen molar-refractivity contribution in [2.45, 2.75) is 11.8 Å². The van der Waals surface area contributed by atoms with Crippen molar-refractivity contribution in [2.75, 3.05) is 24.9 Å². The molecule has 0 amide bonds. The van der Waals surface area contributed by atoms with Crippen LogP contribution in [0.25, 0.3) is 0 Å². The van der Waals surface area contributed by atoms with E-state index >= 15 is 0 Å². The molecule has 114 valence electrons. The van der Waals surface area contributed by atoms with Gasteiger partial charge in [-0.15, -0.1) is 11.8 Å². The van der Waals surface area contributed by atoms with Gasteiger partial charge in [0.1, 0.15) is 9.84 Å². The van der Waals surface area contributed by atoms with Gasteiger partial charge < -0.3 is 4.74 Å². The topological polar surface area (TPSA) is 84.2 Å². The van der Waals surface area contributed by atoms with E-state index in [0.717, 1.165) is 0 Å². The molecule has 0 fully saturated rings. The Kier molecular flexibility index (Phi) is 6.24. The lowest BCUT2D eigenvalue weighted by Crippen LogP contribution is -2.14. The van der Waals surface area contributed by atoms with E-state index in [4.69, 9.17) is 10.00 Å². The van der Waals surface area contributed by atoms with Crippen molar-refractivity contribution in [3.05, 3.63) is 29.3 Å². The quantitative estimate of drug-likeness (QED) is 0.588. The number of thioether (sulfide) groups is 1. The molecule has 0 aromatic heterocycles. The maximum absolute atomic E-state index is 11.7. The number of hydrogen-bond donors (Lipinski definition) is 0. The molecule has 21 heavy (non-hydrogen) atoms. The number of sulfone groups is 1. The van der Waals surface area contributed by atoms with Gasteiger partial charge in [0.05, 0.1) is 30.1 Å². The summed E-state index contributed by atoms with van der Waals surface area (Å²) in [6.07, 6.45) is 1.20. The first-order chi connectivity index (χ1) is 9.76. The number of benzene rings is 1. The van der Waals surface area contributed by atoms with Gasteiger partial charge in [0.2, 0.25) is 0 Å². The summed E-state index contributed by atoms with van der Waals surface area (Å²) in [5.41, 5.74) is 0.706. The Morgan fingerprint density at radius 2 is 2.14 bits per heavy atom. The molecule has 0 aliphatic carbocycles. The van der Waals surface area contributed by atoms with Crippen LogP contribution < -0.4 is 0 Å². The average Bonchev–Trinajstić information content (AvgIpc) is 2.42. The van der Waals surface area contributed by atoms with E-state index < -0.39 is 15.8 Å². The largest absolute Gasteiger partial charge is 0.465 e. The molecular formula is C14H17NO4S2. The number of carbonyl (C=O) groups excluding carboxylic acids is 1. The first-order valence-electron chi connectivity index (χ1n) is 6.20. The van der Waals surface area contributed by atoms with Crippen LogP contribution in [0.2, 0.25) is 0 Å². The van der Waals surface area contributed by atoms with E-state index in [1.807, 2.05) is 13.0 Å². The van der Waals surface area contributed by atoms with Gasteiger partial charge in [0, 0.05) is 16.9 Å². The highest BCUT2D eigenvalue weighted by atomic mass is 32.2. The predicted molar refractivity (Wildman–Crippen MR) is 82.1 cm³/mol. The van der Waals surface area contributed by atoms with Crippen molar-refractivity contribution in [2.24, 2.45) is 5.92 Å². The van der Waals surface area contributed by atoms with Crippen LogP contribution in [0.3, 0.4) is 0 Å². The van der Waals surface area contributed by atoms with Crippen LogP contribution in [0, 0.1) is 17.2 Å². The van der Waals surface area contributed by atoms with E-state index in [1.165, 1.54) is 31.2 Å². The number of ether oxygens (including phenoxy) is 1. The number of hydrogen-bond acceptors (Lipinski definition) is 6. The second-order valence-electron chi connectivity index (χ2n) is 4.82. The molecule has 1 aromatic carbocycles. The van der Waals surface area contributed by atoms with Crippen LogP contribution in [-0.2, 0) is 14.6 Å². The fraction of sp³-hybridized carbons (Fsp3) is 0.429. The predicted octanol–water partition coefficient (Wildman–Crippen LogP) is 2.12. The van der Waals surface area contributed by atoms with Crippen molar-refractivity contribution < 1.29 is 17.9 Å². The summed E-state index contributed by atoms with van der Waals surface area (Å²) in [6, 6.07) is 6.76. The summed E-state index contributed by atoms with van der Waals surface area (Å²) in [5, 5.41) is 8.88. The second-order valence-corrected chi connectivity index (χ2v) is 8.07. The van der Waals surface area contributed by atoms with Crippen LogP contribution in [0.5, 0.6) is 0 Å². The molecular weight excluding hydrogens is 310 g/mol. The first kappa shape index (κ1) is 17.5. The summed E-state index contributed by atoms with van der Waals surface area (Å²) in [6.45, 7) is 1.84. The van der Waals surface area contributed by atoms with Crippen LogP contribution in [0.15, 0.2) is 23.1 Å². The zero-order chi connectivity index (χ0) is 16.0.